The third-order valence-corrected chi connectivity index (χ3v) is 4.70. The van der Waals surface area contributed by atoms with Gasteiger partial charge in [0.05, 0.1) is 11.3 Å². The van der Waals surface area contributed by atoms with E-state index in [4.69, 9.17) is 0 Å². The summed E-state index contributed by atoms with van der Waals surface area (Å²) >= 11 is 0. The molecule has 0 spiro atoms. The SMILES string of the molecule is O=C(Nc1cc(-c2ccccc2)ccc1C(=O)O)c1cc(-c2ccccc2)ccn1. The van der Waals surface area contributed by atoms with Crippen molar-refractivity contribution in [2.75, 3.05) is 5.32 Å². The average molecular weight is 394 g/mol. The van der Waals surface area contributed by atoms with Crippen molar-refractivity contribution in [2.24, 2.45) is 0 Å². The Morgan fingerprint density at radius 3 is 1.90 bits per heavy atom. The Hall–Kier alpha value is -4.25. The molecule has 30 heavy (non-hydrogen) atoms. The number of nitrogens with zero attached hydrogens (tertiary/aromatic N) is 1. The van der Waals surface area contributed by atoms with Crippen molar-refractivity contribution in [3.63, 3.8) is 0 Å². The van der Waals surface area contributed by atoms with E-state index in [0.29, 0.717) is 0 Å². The molecule has 0 saturated carbocycles. The maximum absolute atomic E-state index is 12.9. The van der Waals surface area contributed by atoms with Gasteiger partial charge >= 0.3 is 5.97 Å². The van der Waals surface area contributed by atoms with Crippen LogP contribution in [0, 0.1) is 0 Å². The van der Waals surface area contributed by atoms with Crippen molar-refractivity contribution in [1.29, 1.82) is 0 Å². The number of hydrogen-bond donors (Lipinski definition) is 2. The van der Waals surface area contributed by atoms with E-state index in [2.05, 4.69) is 10.3 Å². The Kier molecular flexibility index (Phi) is 5.35. The van der Waals surface area contributed by atoms with Gasteiger partial charge in [-0.05, 0) is 46.5 Å². The van der Waals surface area contributed by atoms with Crippen LogP contribution < -0.4 is 5.32 Å². The smallest absolute Gasteiger partial charge is 0.337 e. The molecular weight excluding hydrogens is 376 g/mol. The molecule has 5 nitrogen and oxygen atoms in total. The van der Waals surface area contributed by atoms with Crippen LogP contribution in [0.3, 0.4) is 0 Å². The number of aromatic nitrogens is 1. The van der Waals surface area contributed by atoms with E-state index in [9.17, 15) is 14.7 Å². The Morgan fingerprint density at radius 1 is 0.700 bits per heavy atom. The first-order valence-corrected chi connectivity index (χ1v) is 9.37. The van der Waals surface area contributed by atoms with Crippen LogP contribution in [0.4, 0.5) is 5.69 Å². The predicted molar refractivity (Wildman–Crippen MR) is 116 cm³/mol. The predicted octanol–water partition coefficient (Wildman–Crippen LogP) is 5.37. The number of aromatic carboxylic acids is 1. The van der Waals surface area contributed by atoms with Crippen molar-refractivity contribution in [3.8, 4) is 22.3 Å². The summed E-state index contributed by atoms with van der Waals surface area (Å²) in [7, 11) is 0. The van der Waals surface area contributed by atoms with Crippen LogP contribution in [0.1, 0.15) is 20.8 Å². The molecule has 1 aromatic heterocycles. The minimum atomic E-state index is -1.11. The van der Waals surface area contributed by atoms with E-state index in [-0.39, 0.29) is 16.9 Å². The molecular formula is C25H18N2O3. The molecule has 0 bridgehead atoms. The first-order chi connectivity index (χ1) is 14.6. The molecule has 3 aromatic carbocycles. The number of carbonyl (C=O) groups is 2. The summed E-state index contributed by atoms with van der Waals surface area (Å²) in [4.78, 5) is 28.7. The molecule has 0 aliphatic rings. The lowest BCUT2D eigenvalue weighted by Gasteiger charge is -2.11. The highest BCUT2D eigenvalue weighted by Crippen LogP contribution is 2.27. The van der Waals surface area contributed by atoms with Crippen molar-refractivity contribution in [2.45, 2.75) is 0 Å². The van der Waals surface area contributed by atoms with Crippen molar-refractivity contribution in [1.82, 2.24) is 4.98 Å². The van der Waals surface area contributed by atoms with Gasteiger partial charge in [0.15, 0.2) is 0 Å². The molecule has 0 saturated heterocycles. The highest BCUT2D eigenvalue weighted by atomic mass is 16.4. The summed E-state index contributed by atoms with van der Waals surface area (Å²) < 4.78 is 0. The van der Waals surface area contributed by atoms with E-state index in [0.717, 1.165) is 22.3 Å². The molecule has 0 atom stereocenters. The third-order valence-electron chi connectivity index (χ3n) is 4.70. The molecule has 0 fully saturated rings. The van der Waals surface area contributed by atoms with Gasteiger partial charge in [0, 0.05) is 6.20 Å². The molecule has 2 N–H and O–H groups in total. The van der Waals surface area contributed by atoms with Gasteiger partial charge in [-0.25, -0.2) is 4.79 Å². The zero-order chi connectivity index (χ0) is 20.9. The average Bonchev–Trinajstić information content (AvgIpc) is 2.80. The minimum absolute atomic E-state index is 0.0160. The Balaban J connectivity index is 1.66. The first kappa shape index (κ1) is 19.1. The summed E-state index contributed by atoms with van der Waals surface area (Å²) in [6, 6.07) is 27.6. The number of amides is 1. The van der Waals surface area contributed by atoms with Crippen molar-refractivity contribution in [3.05, 3.63) is 108 Å². The molecule has 0 aliphatic carbocycles. The maximum atomic E-state index is 12.9. The second-order valence-electron chi connectivity index (χ2n) is 6.68. The monoisotopic (exact) mass is 394 g/mol. The number of carboxylic acids is 1. The summed E-state index contributed by atoms with van der Waals surface area (Å²) in [5.74, 6) is -1.59. The lowest BCUT2D eigenvalue weighted by atomic mass is 10.0. The fraction of sp³-hybridized carbons (Fsp3) is 0. The number of carbonyl (C=O) groups excluding carboxylic acids is 1. The zero-order valence-corrected chi connectivity index (χ0v) is 15.9. The van der Waals surface area contributed by atoms with Crippen molar-refractivity contribution >= 4 is 17.6 Å². The number of rotatable bonds is 5. The normalized spacial score (nSPS) is 10.4. The number of hydrogen-bond acceptors (Lipinski definition) is 3. The molecule has 4 rings (SSSR count). The van der Waals surface area contributed by atoms with E-state index in [1.807, 2.05) is 66.7 Å². The van der Waals surface area contributed by atoms with Crippen LogP contribution in [0.25, 0.3) is 22.3 Å². The standard InChI is InChI=1S/C25H18N2O3/c28-24(23-16-20(13-14-26-23)18-9-5-2-6-10-18)27-22-15-19(11-12-21(22)25(29)30)17-7-3-1-4-8-17/h1-16H,(H,27,28)(H,29,30). The van der Waals surface area contributed by atoms with Gasteiger partial charge in [0.1, 0.15) is 5.69 Å². The van der Waals surface area contributed by atoms with E-state index < -0.39 is 11.9 Å². The van der Waals surface area contributed by atoms with Gasteiger partial charge in [-0.3, -0.25) is 9.78 Å². The number of benzene rings is 3. The molecule has 0 radical (unpaired) electrons. The Morgan fingerprint density at radius 2 is 1.30 bits per heavy atom. The van der Waals surface area contributed by atoms with Crippen LogP contribution in [0.15, 0.2) is 97.2 Å². The number of anilines is 1. The molecule has 1 amide bonds. The van der Waals surface area contributed by atoms with Gasteiger partial charge in [0.25, 0.3) is 5.91 Å². The summed E-state index contributed by atoms with van der Waals surface area (Å²) in [6.07, 6.45) is 1.57. The molecule has 0 unspecified atom stereocenters. The van der Waals surface area contributed by atoms with Gasteiger partial charge in [0.2, 0.25) is 0 Å². The van der Waals surface area contributed by atoms with Gasteiger partial charge < -0.3 is 10.4 Å². The number of carboxylic acid groups (broad SMARTS) is 1. The minimum Gasteiger partial charge on any atom is -0.478 e. The van der Waals surface area contributed by atoms with E-state index in [1.54, 1.807) is 24.4 Å². The van der Waals surface area contributed by atoms with Gasteiger partial charge in [-0.2, -0.15) is 0 Å². The highest BCUT2D eigenvalue weighted by molar-refractivity contribution is 6.07. The molecule has 4 aromatic rings. The quantitative estimate of drug-likeness (QED) is 0.477. The van der Waals surface area contributed by atoms with Crippen LogP contribution >= 0.6 is 0 Å². The van der Waals surface area contributed by atoms with Gasteiger partial charge in [-0.15, -0.1) is 0 Å². The lowest BCUT2D eigenvalue weighted by Crippen LogP contribution is -2.16. The van der Waals surface area contributed by atoms with Crippen LogP contribution in [-0.2, 0) is 0 Å². The Labute approximate surface area is 173 Å². The van der Waals surface area contributed by atoms with Crippen molar-refractivity contribution < 1.29 is 14.7 Å². The molecule has 5 heteroatoms. The molecule has 1 heterocycles. The maximum Gasteiger partial charge on any atom is 0.337 e. The Bertz CT molecular complexity index is 1210. The van der Waals surface area contributed by atoms with E-state index in [1.165, 1.54) is 6.07 Å². The number of nitrogens with one attached hydrogen (secondary N) is 1. The topological polar surface area (TPSA) is 79.3 Å². The summed E-state index contributed by atoms with van der Waals surface area (Å²) in [6.45, 7) is 0. The zero-order valence-electron chi connectivity index (χ0n) is 15.9. The number of pyridine rings is 1. The summed E-state index contributed by atoms with van der Waals surface area (Å²) in [5, 5.41) is 12.3. The second kappa shape index (κ2) is 8.41. The largest absolute Gasteiger partial charge is 0.478 e. The summed E-state index contributed by atoms with van der Waals surface area (Å²) in [5.41, 5.74) is 4.00. The molecule has 146 valence electrons. The fourth-order valence-corrected chi connectivity index (χ4v) is 3.20. The van der Waals surface area contributed by atoms with E-state index >= 15 is 0 Å². The molecule has 0 aliphatic heterocycles. The van der Waals surface area contributed by atoms with Gasteiger partial charge in [-0.1, -0.05) is 66.7 Å². The third kappa shape index (κ3) is 4.10. The lowest BCUT2D eigenvalue weighted by molar-refractivity contribution is 0.0698. The van der Waals surface area contributed by atoms with Crippen LogP contribution in [-0.4, -0.2) is 22.0 Å². The van der Waals surface area contributed by atoms with Crippen LogP contribution in [0.2, 0.25) is 0 Å². The van der Waals surface area contributed by atoms with Crippen LogP contribution in [0.5, 0.6) is 0 Å². The fourth-order valence-electron chi connectivity index (χ4n) is 3.20. The first-order valence-electron chi connectivity index (χ1n) is 9.37. The second-order valence-corrected chi connectivity index (χ2v) is 6.68. The highest BCUT2D eigenvalue weighted by Gasteiger charge is 2.16.